The third-order valence-corrected chi connectivity index (χ3v) is 2.33. The van der Waals surface area contributed by atoms with Gasteiger partial charge in [-0.1, -0.05) is 0 Å². The molecule has 4 heteroatoms. The maximum absolute atomic E-state index is 12.5. The summed E-state index contributed by atoms with van der Waals surface area (Å²) in [5.41, 5.74) is 0.886. The number of hydrogen-bond acceptors (Lipinski definition) is 2. The average molecular weight is 186 g/mol. The molecule has 0 aliphatic carbocycles. The number of carboxylic acids is 1. The molecule has 0 fully saturated rings. The van der Waals surface area contributed by atoms with Crippen LogP contribution in [-0.2, 0) is 4.79 Å². The number of hydrogen-bond donors (Lipinski definition) is 1. The van der Waals surface area contributed by atoms with Crippen molar-refractivity contribution in [1.29, 1.82) is 0 Å². The largest absolute Gasteiger partial charge is 0.476 e. The molecule has 0 radical (unpaired) electrons. The summed E-state index contributed by atoms with van der Waals surface area (Å²) < 4.78 is 12.5. The van der Waals surface area contributed by atoms with Crippen molar-refractivity contribution in [3.8, 4) is 0 Å². The van der Waals surface area contributed by atoms with E-state index >= 15 is 0 Å². The third-order valence-electron chi connectivity index (χ3n) is 1.36. The predicted molar refractivity (Wildman–Crippen MR) is 45.8 cm³/mol. The van der Waals surface area contributed by atoms with Crippen molar-refractivity contribution in [3.05, 3.63) is 27.7 Å². The molecule has 1 aromatic heterocycles. The van der Waals surface area contributed by atoms with Gasteiger partial charge in [0.05, 0.1) is 0 Å². The maximum atomic E-state index is 12.5. The van der Waals surface area contributed by atoms with Gasteiger partial charge in [0, 0.05) is 4.88 Å². The van der Waals surface area contributed by atoms with E-state index < -0.39 is 11.8 Å². The van der Waals surface area contributed by atoms with E-state index in [0.29, 0.717) is 4.88 Å². The zero-order valence-corrected chi connectivity index (χ0v) is 7.19. The molecular weight excluding hydrogens is 179 g/mol. The summed E-state index contributed by atoms with van der Waals surface area (Å²) in [6.45, 7) is 1.80. The first kappa shape index (κ1) is 8.93. The molecule has 2 nitrogen and oxygen atoms in total. The summed E-state index contributed by atoms with van der Waals surface area (Å²) in [7, 11) is 0. The fourth-order valence-corrected chi connectivity index (χ4v) is 1.55. The van der Waals surface area contributed by atoms with Gasteiger partial charge in [-0.2, -0.15) is 4.39 Å². The SMILES string of the molecule is Cc1ccsc1C=C(F)C(=O)O. The molecule has 1 rings (SSSR count). The van der Waals surface area contributed by atoms with Gasteiger partial charge < -0.3 is 5.11 Å². The van der Waals surface area contributed by atoms with Gasteiger partial charge in [-0.3, -0.25) is 0 Å². The van der Waals surface area contributed by atoms with E-state index in [0.717, 1.165) is 11.6 Å². The van der Waals surface area contributed by atoms with Crippen LogP contribution in [0, 0.1) is 6.92 Å². The molecule has 0 spiro atoms. The quantitative estimate of drug-likeness (QED) is 0.720. The molecule has 0 unspecified atom stereocenters. The van der Waals surface area contributed by atoms with Crippen LogP contribution in [0.25, 0.3) is 6.08 Å². The highest BCUT2D eigenvalue weighted by Gasteiger charge is 2.06. The standard InChI is InChI=1S/C8H7FO2S/c1-5-2-3-12-7(5)4-6(9)8(10)11/h2-4H,1H3,(H,10,11). The van der Waals surface area contributed by atoms with Crippen molar-refractivity contribution in [2.45, 2.75) is 6.92 Å². The van der Waals surface area contributed by atoms with Gasteiger partial charge in [-0.15, -0.1) is 11.3 Å². The minimum atomic E-state index is -1.53. The molecule has 0 amide bonds. The second-order valence-corrected chi connectivity index (χ2v) is 3.21. The number of aryl methyl sites for hydroxylation is 1. The number of halogens is 1. The molecule has 0 saturated carbocycles. The molecule has 0 saturated heterocycles. The molecule has 0 aliphatic rings. The van der Waals surface area contributed by atoms with Gasteiger partial charge in [-0.25, -0.2) is 4.79 Å². The van der Waals surface area contributed by atoms with Crippen molar-refractivity contribution < 1.29 is 14.3 Å². The first-order valence-corrected chi connectivity index (χ1v) is 4.14. The number of carbonyl (C=O) groups is 1. The lowest BCUT2D eigenvalue weighted by Gasteiger charge is -1.89. The van der Waals surface area contributed by atoms with Crippen molar-refractivity contribution >= 4 is 23.4 Å². The van der Waals surface area contributed by atoms with Crippen LogP contribution in [0.4, 0.5) is 4.39 Å². The van der Waals surface area contributed by atoms with Crippen LogP contribution in [0.15, 0.2) is 17.3 Å². The topological polar surface area (TPSA) is 37.3 Å². The molecule has 1 aromatic rings. The zero-order valence-electron chi connectivity index (χ0n) is 6.37. The zero-order chi connectivity index (χ0) is 9.14. The van der Waals surface area contributed by atoms with E-state index in [2.05, 4.69) is 0 Å². The second kappa shape index (κ2) is 3.49. The molecule has 64 valence electrons. The summed E-state index contributed by atoms with van der Waals surface area (Å²) in [6, 6.07) is 1.81. The summed E-state index contributed by atoms with van der Waals surface area (Å²) in [5.74, 6) is -2.65. The van der Waals surface area contributed by atoms with Crippen LogP contribution in [-0.4, -0.2) is 11.1 Å². The molecule has 0 aliphatic heterocycles. The van der Waals surface area contributed by atoms with Crippen LogP contribution in [0.5, 0.6) is 0 Å². The van der Waals surface area contributed by atoms with Gasteiger partial charge in [0.2, 0.25) is 5.83 Å². The maximum Gasteiger partial charge on any atom is 0.364 e. The molecule has 0 bridgehead atoms. The lowest BCUT2D eigenvalue weighted by atomic mass is 10.3. The van der Waals surface area contributed by atoms with Crippen molar-refractivity contribution in [1.82, 2.24) is 0 Å². The number of carboxylic acid groups (broad SMARTS) is 1. The Morgan fingerprint density at radius 1 is 1.75 bits per heavy atom. The molecule has 0 aromatic carbocycles. The van der Waals surface area contributed by atoms with Gasteiger partial charge >= 0.3 is 5.97 Å². The monoisotopic (exact) mass is 186 g/mol. The van der Waals surface area contributed by atoms with Crippen LogP contribution < -0.4 is 0 Å². The smallest absolute Gasteiger partial charge is 0.364 e. The van der Waals surface area contributed by atoms with Crippen molar-refractivity contribution in [3.63, 3.8) is 0 Å². The number of thiophene rings is 1. The van der Waals surface area contributed by atoms with E-state index in [1.54, 1.807) is 12.3 Å². The van der Waals surface area contributed by atoms with Crippen molar-refractivity contribution in [2.24, 2.45) is 0 Å². The van der Waals surface area contributed by atoms with E-state index in [4.69, 9.17) is 5.11 Å². The van der Waals surface area contributed by atoms with Crippen LogP contribution in [0.2, 0.25) is 0 Å². The normalized spacial score (nSPS) is 11.7. The highest BCUT2D eigenvalue weighted by Crippen LogP contribution is 2.19. The Morgan fingerprint density at radius 3 is 2.83 bits per heavy atom. The Kier molecular flexibility index (Phi) is 2.60. The van der Waals surface area contributed by atoms with Gasteiger partial charge in [0.25, 0.3) is 0 Å². The predicted octanol–water partition coefficient (Wildman–Crippen LogP) is 2.45. The first-order valence-electron chi connectivity index (χ1n) is 3.26. The number of aliphatic carboxylic acids is 1. The Hall–Kier alpha value is -1.16. The summed E-state index contributed by atoms with van der Waals surface area (Å²) in [6.07, 6.45) is 1.03. The summed E-state index contributed by atoms with van der Waals surface area (Å²) >= 11 is 1.32. The highest BCUT2D eigenvalue weighted by atomic mass is 32.1. The Morgan fingerprint density at radius 2 is 2.42 bits per heavy atom. The summed E-state index contributed by atoms with van der Waals surface area (Å²) in [4.78, 5) is 10.7. The molecule has 1 heterocycles. The van der Waals surface area contributed by atoms with E-state index in [1.807, 2.05) is 6.07 Å². The molecule has 1 N–H and O–H groups in total. The van der Waals surface area contributed by atoms with E-state index in [-0.39, 0.29) is 0 Å². The molecule has 12 heavy (non-hydrogen) atoms. The minimum Gasteiger partial charge on any atom is -0.476 e. The third kappa shape index (κ3) is 1.92. The van der Waals surface area contributed by atoms with Gasteiger partial charge in [0.15, 0.2) is 0 Å². The van der Waals surface area contributed by atoms with E-state index in [1.165, 1.54) is 11.3 Å². The average Bonchev–Trinajstić information content (AvgIpc) is 2.36. The van der Waals surface area contributed by atoms with Crippen LogP contribution in [0.1, 0.15) is 10.4 Å². The lowest BCUT2D eigenvalue weighted by Crippen LogP contribution is -1.93. The van der Waals surface area contributed by atoms with Crippen LogP contribution >= 0.6 is 11.3 Å². The fraction of sp³-hybridized carbons (Fsp3) is 0.125. The second-order valence-electron chi connectivity index (χ2n) is 2.27. The van der Waals surface area contributed by atoms with Crippen molar-refractivity contribution in [2.75, 3.05) is 0 Å². The van der Waals surface area contributed by atoms with Crippen LogP contribution in [0.3, 0.4) is 0 Å². The Labute approximate surface area is 73.0 Å². The van der Waals surface area contributed by atoms with E-state index in [9.17, 15) is 9.18 Å². The Bertz CT molecular complexity index is 328. The van der Waals surface area contributed by atoms with Gasteiger partial charge in [0.1, 0.15) is 0 Å². The first-order chi connectivity index (χ1) is 5.61. The minimum absolute atomic E-state index is 0.648. The Balaban J connectivity index is 2.95. The van der Waals surface area contributed by atoms with Gasteiger partial charge in [-0.05, 0) is 30.0 Å². The lowest BCUT2D eigenvalue weighted by molar-refractivity contribution is -0.134. The highest BCUT2D eigenvalue weighted by molar-refractivity contribution is 7.11. The fourth-order valence-electron chi connectivity index (χ4n) is 0.709. The molecule has 0 atom stereocenters. The number of rotatable bonds is 2. The summed E-state index contributed by atoms with van der Waals surface area (Å²) in [5, 5.41) is 10.0. The molecular formula is C8H7FO2S.